The van der Waals surface area contributed by atoms with Gasteiger partial charge < -0.3 is 10.2 Å². The fourth-order valence-electron chi connectivity index (χ4n) is 2.76. The van der Waals surface area contributed by atoms with Crippen LogP contribution in [-0.4, -0.2) is 34.9 Å². The summed E-state index contributed by atoms with van der Waals surface area (Å²) in [6.45, 7) is 2.64. The standard InChI is InChI=1S/C15H21N3O/c19-15(13-2-1-7-17-10-13)18(14-3-4-14)11-12-5-8-16-9-6-12/h5-6,8-9,13-14,17H,1-4,7,10-11H2/t13-/m0/s1. The van der Waals surface area contributed by atoms with E-state index in [9.17, 15) is 4.79 Å². The van der Waals surface area contributed by atoms with Crippen LogP contribution in [0, 0.1) is 5.92 Å². The lowest BCUT2D eigenvalue weighted by Gasteiger charge is -2.30. The van der Waals surface area contributed by atoms with Gasteiger partial charge in [0.25, 0.3) is 0 Å². The lowest BCUT2D eigenvalue weighted by atomic mass is 9.97. The Morgan fingerprint density at radius 3 is 2.74 bits per heavy atom. The first kappa shape index (κ1) is 12.6. The maximum Gasteiger partial charge on any atom is 0.227 e. The summed E-state index contributed by atoms with van der Waals surface area (Å²) in [7, 11) is 0. The molecule has 1 saturated carbocycles. The van der Waals surface area contributed by atoms with E-state index < -0.39 is 0 Å². The van der Waals surface area contributed by atoms with Crippen molar-refractivity contribution in [1.82, 2.24) is 15.2 Å². The molecule has 1 atom stereocenters. The predicted octanol–water partition coefficient (Wildman–Crippen LogP) is 1.57. The van der Waals surface area contributed by atoms with Crippen LogP contribution in [0.3, 0.4) is 0 Å². The van der Waals surface area contributed by atoms with Gasteiger partial charge in [0.05, 0.1) is 5.92 Å². The normalized spacial score (nSPS) is 23.1. The van der Waals surface area contributed by atoms with E-state index in [0.29, 0.717) is 11.9 Å². The van der Waals surface area contributed by atoms with Gasteiger partial charge in [-0.15, -0.1) is 0 Å². The molecule has 4 nitrogen and oxygen atoms in total. The minimum atomic E-state index is 0.177. The Kier molecular flexibility index (Phi) is 3.78. The van der Waals surface area contributed by atoms with E-state index in [1.54, 1.807) is 12.4 Å². The number of hydrogen-bond acceptors (Lipinski definition) is 3. The van der Waals surface area contributed by atoms with Crippen LogP contribution >= 0.6 is 0 Å². The number of aromatic nitrogens is 1. The zero-order valence-electron chi connectivity index (χ0n) is 11.2. The van der Waals surface area contributed by atoms with E-state index in [0.717, 1.165) is 45.3 Å². The van der Waals surface area contributed by atoms with Gasteiger partial charge in [0, 0.05) is 31.5 Å². The fourth-order valence-corrected chi connectivity index (χ4v) is 2.76. The molecular formula is C15H21N3O. The van der Waals surface area contributed by atoms with Crippen LogP contribution < -0.4 is 5.32 Å². The highest BCUT2D eigenvalue weighted by molar-refractivity contribution is 5.79. The highest BCUT2D eigenvalue weighted by atomic mass is 16.2. The molecule has 1 aromatic heterocycles. The smallest absolute Gasteiger partial charge is 0.227 e. The van der Waals surface area contributed by atoms with Crippen molar-refractivity contribution in [3.63, 3.8) is 0 Å². The van der Waals surface area contributed by atoms with Crippen LogP contribution in [0.4, 0.5) is 0 Å². The van der Waals surface area contributed by atoms with Crippen molar-refractivity contribution in [2.45, 2.75) is 38.3 Å². The van der Waals surface area contributed by atoms with Crippen LogP contribution in [-0.2, 0) is 11.3 Å². The van der Waals surface area contributed by atoms with E-state index >= 15 is 0 Å². The number of carbonyl (C=O) groups excluding carboxylic acids is 1. The molecule has 1 N–H and O–H groups in total. The Morgan fingerprint density at radius 1 is 1.32 bits per heavy atom. The Bertz CT molecular complexity index is 424. The monoisotopic (exact) mass is 259 g/mol. The lowest BCUT2D eigenvalue weighted by molar-refractivity contribution is -0.137. The third kappa shape index (κ3) is 3.13. The van der Waals surface area contributed by atoms with Gasteiger partial charge in [-0.3, -0.25) is 9.78 Å². The van der Waals surface area contributed by atoms with Gasteiger partial charge >= 0.3 is 0 Å². The maximum atomic E-state index is 12.7. The van der Waals surface area contributed by atoms with E-state index in [-0.39, 0.29) is 5.92 Å². The Labute approximate surface area is 114 Å². The van der Waals surface area contributed by atoms with Crippen LogP contribution in [0.5, 0.6) is 0 Å². The minimum Gasteiger partial charge on any atom is -0.335 e. The SMILES string of the molecule is O=C([C@H]1CCCNC1)N(Cc1ccncc1)C1CC1. The molecule has 0 radical (unpaired) electrons. The molecule has 0 spiro atoms. The molecule has 2 aliphatic rings. The zero-order valence-corrected chi connectivity index (χ0v) is 11.2. The molecule has 2 heterocycles. The summed E-state index contributed by atoms with van der Waals surface area (Å²) in [5, 5.41) is 3.34. The summed E-state index contributed by atoms with van der Waals surface area (Å²) in [5.41, 5.74) is 1.18. The zero-order chi connectivity index (χ0) is 13.1. The van der Waals surface area contributed by atoms with E-state index in [4.69, 9.17) is 0 Å². The largest absolute Gasteiger partial charge is 0.335 e. The van der Waals surface area contributed by atoms with E-state index in [1.165, 1.54) is 5.56 Å². The van der Waals surface area contributed by atoms with Crippen molar-refractivity contribution in [3.05, 3.63) is 30.1 Å². The molecule has 19 heavy (non-hydrogen) atoms. The van der Waals surface area contributed by atoms with Crippen molar-refractivity contribution in [3.8, 4) is 0 Å². The first-order valence-electron chi connectivity index (χ1n) is 7.24. The van der Waals surface area contributed by atoms with E-state index in [2.05, 4.69) is 15.2 Å². The maximum absolute atomic E-state index is 12.7. The molecule has 1 aliphatic carbocycles. The number of nitrogens with one attached hydrogen (secondary N) is 1. The molecule has 1 amide bonds. The van der Waals surface area contributed by atoms with Gasteiger partial charge in [-0.2, -0.15) is 0 Å². The minimum absolute atomic E-state index is 0.177. The quantitative estimate of drug-likeness (QED) is 0.892. The number of hydrogen-bond donors (Lipinski definition) is 1. The Balaban J connectivity index is 1.68. The van der Waals surface area contributed by atoms with Gasteiger partial charge in [-0.05, 0) is 49.9 Å². The average Bonchev–Trinajstić information content (AvgIpc) is 3.31. The van der Waals surface area contributed by atoms with Gasteiger partial charge in [0.15, 0.2) is 0 Å². The van der Waals surface area contributed by atoms with Crippen molar-refractivity contribution in [2.24, 2.45) is 5.92 Å². The second-order valence-corrected chi connectivity index (χ2v) is 5.60. The average molecular weight is 259 g/mol. The van der Waals surface area contributed by atoms with Gasteiger partial charge in [-0.25, -0.2) is 0 Å². The van der Waals surface area contributed by atoms with Crippen LogP contribution in [0.1, 0.15) is 31.2 Å². The van der Waals surface area contributed by atoms with Crippen molar-refractivity contribution < 1.29 is 4.79 Å². The third-order valence-corrected chi connectivity index (χ3v) is 4.02. The highest BCUT2D eigenvalue weighted by Gasteiger charge is 2.36. The fraction of sp³-hybridized carbons (Fsp3) is 0.600. The summed E-state index contributed by atoms with van der Waals surface area (Å²) < 4.78 is 0. The van der Waals surface area contributed by atoms with Gasteiger partial charge in [0.2, 0.25) is 5.91 Å². The van der Waals surface area contributed by atoms with Crippen LogP contribution in [0.25, 0.3) is 0 Å². The van der Waals surface area contributed by atoms with Gasteiger partial charge in [-0.1, -0.05) is 0 Å². The van der Waals surface area contributed by atoms with Gasteiger partial charge in [0.1, 0.15) is 0 Å². The lowest BCUT2D eigenvalue weighted by Crippen LogP contribution is -2.43. The molecule has 4 heteroatoms. The molecule has 102 valence electrons. The summed E-state index contributed by atoms with van der Waals surface area (Å²) in [6.07, 6.45) is 8.07. The number of nitrogens with zero attached hydrogens (tertiary/aromatic N) is 2. The molecule has 1 aliphatic heterocycles. The predicted molar refractivity (Wildman–Crippen MR) is 73.4 cm³/mol. The third-order valence-electron chi connectivity index (χ3n) is 4.02. The molecule has 0 bridgehead atoms. The molecule has 2 fully saturated rings. The van der Waals surface area contributed by atoms with Crippen molar-refractivity contribution in [1.29, 1.82) is 0 Å². The van der Waals surface area contributed by atoms with Crippen LogP contribution in [0.15, 0.2) is 24.5 Å². The molecular weight excluding hydrogens is 238 g/mol. The Morgan fingerprint density at radius 2 is 2.11 bits per heavy atom. The second kappa shape index (κ2) is 5.70. The first-order chi connectivity index (χ1) is 9.34. The summed E-state index contributed by atoms with van der Waals surface area (Å²) in [5.74, 6) is 0.516. The second-order valence-electron chi connectivity index (χ2n) is 5.60. The molecule has 1 aromatic rings. The van der Waals surface area contributed by atoms with Crippen LogP contribution in [0.2, 0.25) is 0 Å². The van der Waals surface area contributed by atoms with Crippen molar-refractivity contribution >= 4 is 5.91 Å². The summed E-state index contributed by atoms with van der Waals surface area (Å²) in [6, 6.07) is 4.48. The summed E-state index contributed by atoms with van der Waals surface area (Å²) >= 11 is 0. The number of pyridine rings is 1. The number of piperidine rings is 1. The molecule has 3 rings (SSSR count). The molecule has 0 unspecified atom stereocenters. The topological polar surface area (TPSA) is 45.2 Å². The molecule has 0 aromatic carbocycles. The first-order valence-corrected chi connectivity index (χ1v) is 7.24. The summed E-state index contributed by atoms with van der Waals surface area (Å²) in [4.78, 5) is 18.8. The number of rotatable bonds is 4. The Hall–Kier alpha value is -1.42. The van der Waals surface area contributed by atoms with E-state index in [1.807, 2.05) is 12.1 Å². The number of carbonyl (C=O) groups is 1. The number of amides is 1. The molecule has 1 saturated heterocycles. The van der Waals surface area contributed by atoms with Crippen molar-refractivity contribution in [2.75, 3.05) is 13.1 Å². The highest BCUT2D eigenvalue weighted by Crippen LogP contribution is 2.30.